The van der Waals surface area contributed by atoms with Gasteiger partial charge in [0.2, 0.25) is 5.91 Å². The highest BCUT2D eigenvalue weighted by Gasteiger charge is 2.12. The minimum absolute atomic E-state index is 0.0558. The first-order chi connectivity index (χ1) is 12.4. The first-order valence-corrected chi connectivity index (χ1v) is 8.01. The zero-order valence-corrected chi connectivity index (χ0v) is 14.8. The van der Waals surface area contributed by atoms with E-state index in [9.17, 15) is 13.6 Å². The Balaban J connectivity index is 1.87. The van der Waals surface area contributed by atoms with Crippen LogP contribution in [0.1, 0.15) is 12.5 Å². The molecule has 2 rings (SSSR count). The second-order valence-electron chi connectivity index (χ2n) is 5.72. The van der Waals surface area contributed by atoms with Gasteiger partial charge in [-0.1, -0.05) is 6.07 Å². The molecule has 0 aliphatic rings. The number of amides is 1. The van der Waals surface area contributed by atoms with E-state index in [0.717, 1.165) is 17.7 Å². The van der Waals surface area contributed by atoms with E-state index in [4.69, 9.17) is 14.2 Å². The molecule has 0 radical (unpaired) electrons. The zero-order chi connectivity index (χ0) is 19.1. The molecule has 0 bridgehead atoms. The number of hydrogen-bond donors (Lipinski definition) is 1. The van der Waals surface area contributed by atoms with E-state index in [1.54, 1.807) is 25.1 Å². The molecule has 0 heterocycles. The molecule has 1 amide bonds. The lowest BCUT2D eigenvalue weighted by Gasteiger charge is -2.16. The highest BCUT2D eigenvalue weighted by molar-refractivity contribution is 5.79. The number of carbonyl (C=O) groups is 1. The van der Waals surface area contributed by atoms with Crippen molar-refractivity contribution in [1.29, 1.82) is 0 Å². The fraction of sp³-hybridized carbons (Fsp3) is 0.316. The predicted molar refractivity (Wildman–Crippen MR) is 92.7 cm³/mol. The highest BCUT2D eigenvalue weighted by atomic mass is 19.1. The van der Waals surface area contributed by atoms with Gasteiger partial charge in [-0.25, -0.2) is 8.78 Å². The van der Waals surface area contributed by atoms with Crippen LogP contribution in [0.5, 0.6) is 17.2 Å². The molecular formula is C19H21F2NO4. The summed E-state index contributed by atoms with van der Waals surface area (Å²) in [5.74, 6) is -0.610. The Hall–Kier alpha value is -2.83. The molecule has 2 aromatic carbocycles. The number of rotatable bonds is 8. The predicted octanol–water partition coefficient (Wildman–Crippen LogP) is 3.11. The average Bonchev–Trinajstić information content (AvgIpc) is 2.60. The molecular weight excluding hydrogens is 344 g/mol. The maximum Gasteiger partial charge on any atom is 0.224 e. The van der Waals surface area contributed by atoms with E-state index in [-0.39, 0.29) is 30.7 Å². The summed E-state index contributed by atoms with van der Waals surface area (Å²) in [4.78, 5) is 12.1. The third-order valence-electron chi connectivity index (χ3n) is 3.60. The van der Waals surface area contributed by atoms with Gasteiger partial charge in [0, 0.05) is 6.07 Å². The van der Waals surface area contributed by atoms with Gasteiger partial charge in [0.1, 0.15) is 12.4 Å². The van der Waals surface area contributed by atoms with E-state index in [0.29, 0.717) is 11.5 Å². The Bertz CT molecular complexity index is 767. The minimum Gasteiger partial charge on any atom is -0.493 e. The number of ether oxygens (including phenoxy) is 3. The van der Waals surface area contributed by atoms with Crippen LogP contribution in [-0.4, -0.2) is 32.8 Å². The SMILES string of the molecule is COc1ccc(CC(=O)NC(C)COc2ccc(F)cc2F)cc1OC. The molecule has 1 unspecified atom stereocenters. The van der Waals surface area contributed by atoms with Crippen LogP contribution in [0.25, 0.3) is 0 Å². The van der Waals surface area contributed by atoms with Crippen molar-refractivity contribution in [2.75, 3.05) is 20.8 Å². The summed E-state index contributed by atoms with van der Waals surface area (Å²) in [7, 11) is 3.06. The van der Waals surface area contributed by atoms with Gasteiger partial charge in [-0.3, -0.25) is 4.79 Å². The van der Waals surface area contributed by atoms with E-state index < -0.39 is 11.6 Å². The average molecular weight is 365 g/mol. The molecule has 0 saturated carbocycles. The van der Waals surface area contributed by atoms with E-state index in [1.165, 1.54) is 20.3 Å². The van der Waals surface area contributed by atoms with Gasteiger partial charge < -0.3 is 19.5 Å². The largest absolute Gasteiger partial charge is 0.493 e. The molecule has 26 heavy (non-hydrogen) atoms. The van der Waals surface area contributed by atoms with Crippen molar-refractivity contribution in [3.8, 4) is 17.2 Å². The Morgan fingerprint density at radius 3 is 2.38 bits per heavy atom. The summed E-state index contributed by atoms with van der Waals surface area (Å²) in [6.45, 7) is 1.79. The molecule has 1 atom stereocenters. The number of halogens is 2. The molecule has 2 aromatic rings. The van der Waals surface area contributed by atoms with Crippen LogP contribution in [0.2, 0.25) is 0 Å². The fourth-order valence-corrected chi connectivity index (χ4v) is 2.35. The fourth-order valence-electron chi connectivity index (χ4n) is 2.35. The molecule has 0 saturated heterocycles. The van der Waals surface area contributed by atoms with Crippen LogP contribution in [0.3, 0.4) is 0 Å². The molecule has 5 nitrogen and oxygen atoms in total. The van der Waals surface area contributed by atoms with Crippen molar-refractivity contribution < 1.29 is 27.8 Å². The zero-order valence-electron chi connectivity index (χ0n) is 14.8. The number of nitrogens with one attached hydrogen (secondary N) is 1. The normalized spacial score (nSPS) is 11.6. The summed E-state index contributed by atoms with van der Waals surface area (Å²) in [5, 5.41) is 2.76. The lowest BCUT2D eigenvalue weighted by Crippen LogP contribution is -2.37. The number of hydrogen-bond acceptors (Lipinski definition) is 4. The molecule has 7 heteroatoms. The Morgan fingerprint density at radius 2 is 1.73 bits per heavy atom. The Labute approximate surface area is 150 Å². The molecule has 140 valence electrons. The van der Waals surface area contributed by atoms with Gasteiger partial charge in [0.05, 0.1) is 26.7 Å². The molecule has 0 spiro atoms. The Morgan fingerprint density at radius 1 is 1.04 bits per heavy atom. The summed E-state index contributed by atoms with van der Waals surface area (Å²) >= 11 is 0. The smallest absolute Gasteiger partial charge is 0.224 e. The lowest BCUT2D eigenvalue weighted by atomic mass is 10.1. The topological polar surface area (TPSA) is 56.8 Å². The molecule has 0 aromatic heterocycles. The van der Waals surface area contributed by atoms with Crippen LogP contribution in [0.4, 0.5) is 8.78 Å². The summed E-state index contributed by atoms with van der Waals surface area (Å²) in [6, 6.07) is 7.94. The summed E-state index contributed by atoms with van der Waals surface area (Å²) in [5.41, 5.74) is 0.762. The summed E-state index contributed by atoms with van der Waals surface area (Å²) in [6.07, 6.45) is 0.148. The van der Waals surface area contributed by atoms with Gasteiger partial charge >= 0.3 is 0 Å². The third-order valence-corrected chi connectivity index (χ3v) is 3.60. The van der Waals surface area contributed by atoms with Crippen LogP contribution < -0.4 is 19.5 Å². The quantitative estimate of drug-likeness (QED) is 0.781. The maximum absolute atomic E-state index is 13.5. The monoisotopic (exact) mass is 365 g/mol. The van der Waals surface area contributed by atoms with Gasteiger partial charge in [-0.2, -0.15) is 0 Å². The van der Waals surface area contributed by atoms with Crippen LogP contribution in [0.15, 0.2) is 36.4 Å². The summed E-state index contributed by atoms with van der Waals surface area (Å²) < 4.78 is 42.0. The number of carbonyl (C=O) groups excluding carboxylic acids is 1. The second-order valence-corrected chi connectivity index (χ2v) is 5.72. The maximum atomic E-state index is 13.5. The molecule has 1 N–H and O–H groups in total. The first-order valence-electron chi connectivity index (χ1n) is 8.01. The van der Waals surface area contributed by atoms with Crippen LogP contribution >= 0.6 is 0 Å². The van der Waals surface area contributed by atoms with Gasteiger partial charge in [0.15, 0.2) is 23.1 Å². The number of benzene rings is 2. The molecule has 0 aliphatic heterocycles. The highest BCUT2D eigenvalue weighted by Crippen LogP contribution is 2.27. The third kappa shape index (κ3) is 5.34. The standard InChI is InChI=1S/C19H21F2NO4/c1-12(11-26-16-7-5-14(20)10-15(16)21)22-19(23)9-13-4-6-17(24-2)18(8-13)25-3/h4-8,10,12H,9,11H2,1-3H3,(H,22,23). The first kappa shape index (κ1) is 19.5. The van der Waals surface area contributed by atoms with Crippen molar-refractivity contribution >= 4 is 5.91 Å². The van der Waals surface area contributed by atoms with Gasteiger partial charge in [-0.15, -0.1) is 0 Å². The lowest BCUT2D eigenvalue weighted by molar-refractivity contribution is -0.121. The number of methoxy groups -OCH3 is 2. The van der Waals surface area contributed by atoms with Crippen molar-refractivity contribution in [1.82, 2.24) is 5.32 Å². The van der Waals surface area contributed by atoms with E-state index in [1.807, 2.05) is 0 Å². The van der Waals surface area contributed by atoms with Crippen molar-refractivity contribution in [3.63, 3.8) is 0 Å². The minimum atomic E-state index is -0.783. The van der Waals surface area contributed by atoms with Crippen LogP contribution in [-0.2, 0) is 11.2 Å². The van der Waals surface area contributed by atoms with E-state index in [2.05, 4.69) is 5.32 Å². The van der Waals surface area contributed by atoms with E-state index >= 15 is 0 Å². The Kier molecular flexibility index (Phi) is 6.77. The van der Waals surface area contributed by atoms with Gasteiger partial charge in [-0.05, 0) is 36.8 Å². The molecule has 0 aliphatic carbocycles. The molecule has 0 fully saturated rings. The van der Waals surface area contributed by atoms with Crippen LogP contribution in [0, 0.1) is 11.6 Å². The van der Waals surface area contributed by atoms with Crippen molar-refractivity contribution in [3.05, 3.63) is 53.6 Å². The van der Waals surface area contributed by atoms with Gasteiger partial charge in [0.25, 0.3) is 0 Å². The second kappa shape index (κ2) is 9.03. The van der Waals surface area contributed by atoms with Crippen molar-refractivity contribution in [2.45, 2.75) is 19.4 Å². The van der Waals surface area contributed by atoms with Crippen molar-refractivity contribution in [2.24, 2.45) is 0 Å².